The summed E-state index contributed by atoms with van der Waals surface area (Å²) in [5, 5.41) is 14.8. The third kappa shape index (κ3) is 6.09. The van der Waals surface area contributed by atoms with E-state index in [4.69, 9.17) is 27.0 Å². The van der Waals surface area contributed by atoms with Crippen molar-refractivity contribution in [3.8, 4) is 11.4 Å². The second-order valence-electron chi connectivity index (χ2n) is 11.0. The maximum Gasteiger partial charge on any atom is 0.162 e. The van der Waals surface area contributed by atoms with Gasteiger partial charge in [-0.05, 0) is 54.8 Å². The monoisotopic (exact) mass is 548 g/mol. The average Bonchev–Trinajstić information content (AvgIpc) is 3.79. The van der Waals surface area contributed by atoms with Gasteiger partial charge in [-0.3, -0.25) is 4.98 Å². The van der Waals surface area contributed by atoms with Crippen LogP contribution in [0.4, 0.5) is 16.0 Å². The number of nitrogens with one attached hydrogen (secondary N) is 3. The number of allylic oxidation sites excluding steroid dienone is 3. The molecule has 4 heterocycles. The molecule has 1 saturated heterocycles. The zero-order valence-corrected chi connectivity index (χ0v) is 23.3. The molecule has 2 fully saturated rings. The van der Waals surface area contributed by atoms with E-state index in [9.17, 15) is 4.39 Å². The van der Waals surface area contributed by atoms with Crippen LogP contribution in [-0.4, -0.2) is 52.3 Å². The van der Waals surface area contributed by atoms with Crippen LogP contribution in [0.2, 0.25) is 0 Å². The van der Waals surface area contributed by atoms with E-state index in [1.165, 1.54) is 17.8 Å². The molecule has 1 saturated carbocycles. The van der Waals surface area contributed by atoms with Gasteiger partial charge in [0, 0.05) is 61.8 Å². The molecule has 3 N–H and O–H groups in total. The highest BCUT2D eigenvalue weighted by Crippen LogP contribution is 2.45. The number of hydrogen-bond donors (Lipinski definition) is 3. The normalized spacial score (nSPS) is 19.7. The molecule has 1 atom stereocenters. The highest BCUT2D eigenvalue weighted by atomic mass is 35.5. The summed E-state index contributed by atoms with van der Waals surface area (Å²) in [7, 11) is 2.15. The smallest absolute Gasteiger partial charge is 0.162 e. The van der Waals surface area contributed by atoms with Crippen molar-refractivity contribution in [3.63, 3.8) is 0 Å². The van der Waals surface area contributed by atoms with Gasteiger partial charge < -0.3 is 20.9 Å². The second-order valence-corrected chi connectivity index (χ2v) is 11.4. The van der Waals surface area contributed by atoms with Crippen LogP contribution in [0.25, 0.3) is 22.3 Å². The molecule has 2 aliphatic rings. The third-order valence-corrected chi connectivity index (χ3v) is 7.80. The Kier molecular flexibility index (Phi) is 7.91. The van der Waals surface area contributed by atoms with Crippen molar-refractivity contribution in [2.45, 2.75) is 51.5 Å². The quantitative estimate of drug-likeness (QED) is 0.275. The first-order chi connectivity index (χ1) is 18.8. The van der Waals surface area contributed by atoms with Gasteiger partial charge >= 0.3 is 0 Å². The van der Waals surface area contributed by atoms with Gasteiger partial charge in [0.05, 0.1) is 16.7 Å². The van der Waals surface area contributed by atoms with Crippen molar-refractivity contribution in [3.05, 3.63) is 59.4 Å². The number of piperidine rings is 1. The van der Waals surface area contributed by atoms with Gasteiger partial charge in [-0.2, -0.15) is 0 Å². The van der Waals surface area contributed by atoms with Crippen molar-refractivity contribution >= 4 is 40.4 Å². The number of hydrogen-bond acceptors (Lipinski definition) is 8. The van der Waals surface area contributed by atoms with E-state index in [1.807, 2.05) is 24.5 Å². The molecule has 5 rings (SSSR count). The predicted octanol–water partition coefficient (Wildman–Crippen LogP) is 6.17. The minimum absolute atomic E-state index is 0.0201. The second kappa shape index (κ2) is 11.4. The Morgan fingerprint density at radius 2 is 2.10 bits per heavy atom. The number of nitrogens with zero attached hydrogens (tertiary/aromatic N) is 5. The lowest BCUT2D eigenvalue weighted by Crippen LogP contribution is -2.53. The fourth-order valence-corrected chi connectivity index (χ4v) is 5.39. The van der Waals surface area contributed by atoms with Crippen molar-refractivity contribution < 1.29 is 4.39 Å². The van der Waals surface area contributed by atoms with Crippen molar-refractivity contribution in [1.29, 1.82) is 5.41 Å². The summed E-state index contributed by atoms with van der Waals surface area (Å²) in [6.07, 6.45) is 12.4. The van der Waals surface area contributed by atoms with Crippen LogP contribution in [0.15, 0.2) is 53.9 Å². The molecule has 8 nitrogen and oxygen atoms in total. The van der Waals surface area contributed by atoms with Crippen LogP contribution in [0, 0.1) is 10.8 Å². The van der Waals surface area contributed by atoms with Gasteiger partial charge in [-0.1, -0.05) is 31.5 Å². The number of fused-ring (bicyclic) bond motifs is 1. The first-order valence-electron chi connectivity index (χ1n) is 13.3. The summed E-state index contributed by atoms with van der Waals surface area (Å²) in [4.78, 5) is 21.3. The Labute approximate surface area is 233 Å². The van der Waals surface area contributed by atoms with E-state index in [-0.39, 0.29) is 16.9 Å². The van der Waals surface area contributed by atoms with Crippen molar-refractivity contribution in [2.75, 3.05) is 30.4 Å². The van der Waals surface area contributed by atoms with Crippen molar-refractivity contribution in [2.24, 2.45) is 5.41 Å². The summed E-state index contributed by atoms with van der Waals surface area (Å²) in [5.74, 6) is 2.03. The van der Waals surface area contributed by atoms with E-state index in [1.54, 1.807) is 6.20 Å². The Balaban J connectivity index is 1.53. The molecule has 3 aromatic rings. The number of pyridine rings is 2. The minimum atomic E-state index is -0.434. The predicted molar refractivity (Wildman–Crippen MR) is 156 cm³/mol. The lowest BCUT2D eigenvalue weighted by Gasteiger charge is -2.45. The molecule has 0 amide bonds. The van der Waals surface area contributed by atoms with E-state index in [2.05, 4.69) is 46.4 Å². The van der Waals surface area contributed by atoms with Crippen LogP contribution >= 0.6 is 11.6 Å². The first-order valence-corrected chi connectivity index (χ1v) is 13.7. The molecule has 1 aliphatic heterocycles. The lowest BCUT2D eigenvalue weighted by molar-refractivity contribution is 0.215. The molecule has 0 bridgehead atoms. The Morgan fingerprint density at radius 3 is 2.85 bits per heavy atom. The molecule has 0 aromatic carbocycles. The average molecular weight is 549 g/mol. The van der Waals surface area contributed by atoms with E-state index in [0.29, 0.717) is 23.6 Å². The largest absolute Gasteiger partial charge is 0.355 e. The molecular formula is C29H34ClFN8. The van der Waals surface area contributed by atoms with E-state index < -0.39 is 5.83 Å². The minimum Gasteiger partial charge on any atom is -0.355 e. The van der Waals surface area contributed by atoms with Crippen molar-refractivity contribution in [1.82, 2.24) is 25.3 Å². The maximum atomic E-state index is 14.2. The molecule has 0 spiro atoms. The van der Waals surface area contributed by atoms with Gasteiger partial charge in [0.2, 0.25) is 0 Å². The maximum absolute atomic E-state index is 14.2. The molecular weight excluding hydrogens is 515 g/mol. The Bertz CT molecular complexity index is 1430. The Morgan fingerprint density at radius 1 is 1.28 bits per heavy atom. The number of halogens is 2. The number of rotatable bonds is 9. The van der Waals surface area contributed by atoms with E-state index in [0.717, 1.165) is 60.9 Å². The van der Waals surface area contributed by atoms with Crippen LogP contribution in [0.1, 0.15) is 51.0 Å². The zero-order chi connectivity index (χ0) is 27.6. The van der Waals surface area contributed by atoms with Crippen LogP contribution in [-0.2, 0) is 0 Å². The van der Waals surface area contributed by atoms with Gasteiger partial charge in [0.1, 0.15) is 17.5 Å². The molecule has 204 valence electrons. The highest BCUT2D eigenvalue weighted by molar-refractivity contribution is 6.38. The number of aromatic nitrogens is 4. The summed E-state index contributed by atoms with van der Waals surface area (Å²) in [5.41, 5.74) is 2.89. The third-order valence-electron chi connectivity index (χ3n) is 7.54. The van der Waals surface area contributed by atoms with Crippen LogP contribution in [0.3, 0.4) is 0 Å². The molecule has 1 unspecified atom stereocenters. The van der Waals surface area contributed by atoms with Crippen LogP contribution < -0.4 is 15.5 Å². The molecule has 3 aromatic heterocycles. The van der Waals surface area contributed by atoms with Gasteiger partial charge in [0.15, 0.2) is 5.82 Å². The summed E-state index contributed by atoms with van der Waals surface area (Å²) in [6.45, 7) is 6.52. The standard InChI is InChI=1S/C29H34ClFN8/c1-29(2)17-33-10-9-24(29)39(3)28-26-22(18-4-5-18)15-34-16-23(26)37-27(38-28)19-8-11-35-25(12-19)36-14-21(31)7-6-20(30)13-32/h6,8,11-16,18,24,32-33H,4-5,7,9-10,17H2,1-3H3,(H,35,36)/b20-6+,21-14-,32-13?. The highest BCUT2D eigenvalue weighted by Gasteiger charge is 2.37. The van der Waals surface area contributed by atoms with Gasteiger partial charge in [-0.15, -0.1) is 0 Å². The summed E-state index contributed by atoms with van der Waals surface area (Å²) >= 11 is 5.75. The molecule has 1 aliphatic carbocycles. The number of anilines is 2. The fourth-order valence-electron chi connectivity index (χ4n) is 5.31. The molecule has 0 radical (unpaired) electrons. The zero-order valence-electron chi connectivity index (χ0n) is 22.5. The lowest BCUT2D eigenvalue weighted by atomic mass is 9.79. The molecule has 10 heteroatoms. The van der Waals surface area contributed by atoms with Crippen LogP contribution in [0.5, 0.6) is 0 Å². The fraction of sp³-hybridized carbons (Fsp3) is 0.414. The van der Waals surface area contributed by atoms with E-state index >= 15 is 0 Å². The summed E-state index contributed by atoms with van der Waals surface area (Å²) in [6, 6.07) is 3.97. The SMILES string of the molecule is CN(c1nc(-c2ccnc(N/C=C(\F)C/C=C(/Cl)C=N)c2)nc2cncc(C3CC3)c12)C1CCNCC1(C)C. The Hall–Kier alpha value is -3.43. The molecule has 39 heavy (non-hydrogen) atoms. The van der Waals surface area contributed by atoms with Gasteiger partial charge in [-0.25, -0.2) is 19.3 Å². The first kappa shape index (κ1) is 27.1. The topological polar surface area (TPSA) is 103 Å². The van der Waals surface area contributed by atoms with Gasteiger partial charge in [0.25, 0.3) is 0 Å². The summed E-state index contributed by atoms with van der Waals surface area (Å²) < 4.78 is 14.2.